The average Bonchev–Trinajstić information content (AvgIpc) is 2.86. The van der Waals surface area contributed by atoms with E-state index in [1.807, 2.05) is 21.1 Å². The van der Waals surface area contributed by atoms with Gasteiger partial charge >= 0.3 is 19.8 Å². The van der Waals surface area contributed by atoms with Crippen molar-refractivity contribution in [3.05, 3.63) is 12.2 Å². The molecule has 1 N–H and O–H groups in total. The molecule has 10 heteroatoms. The van der Waals surface area contributed by atoms with Gasteiger partial charge in [0.25, 0.3) is 0 Å². The molecule has 0 saturated carbocycles. The summed E-state index contributed by atoms with van der Waals surface area (Å²) in [6, 6.07) is 0. The van der Waals surface area contributed by atoms with Crippen LogP contribution < -0.4 is 0 Å². The highest BCUT2D eigenvalue weighted by Crippen LogP contribution is 2.43. The molecule has 0 aromatic heterocycles. The number of hydrogen-bond donors (Lipinski definition) is 1. The van der Waals surface area contributed by atoms with Crippen molar-refractivity contribution in [2.45, 2.75) is 116 Å². The molecule has 0 saturated heterocycles. The van der Waals surface area contributed by atoms with E-state index in [-0.39, 0.29) is 26.1 Å². The number of allylic oxidation sites excluding steroid dienone is 2. The SMILES string of the molecule is CCCCCCCC/C=C\CCCCCCCC(=O)O[C@@H](COC(=O)CC)COP(=O)(O)OCC[N+](C)(C)C. The van der Waals surface area contributed by atoms with Crippen LogP contribution in [-0.4, -0.2) is 74.9 Å². The van der Waals surface area contributed by atoms with Gasteiger partial charge in [-0.3, -0.25) is 18.6 Å². The quantitative estimate of drug-likeness (QED) is 0.0396. The molecule has 0 rings (SSSR count). The van der Waals surface area contributed by atoms with Crippen LogP contribution >= 0.6 is 7.82 Å². The Morgan fingerprint density at radius 2 is 1.36 bits per heavy atom. The lowest BCUT2D eigenvalue weighted by molar-refractivity contribution is -0.870. The monoisotopic (exact) mass is 578 g/mol. The Morgan fingerprint density at radius 1 is 0.795 bits per heavy atom. The van der Waals surface area contributed by atoms with Gasteiger partial charge in [-0.15, -0.1) is 0 Å². The van der Waals surface area contributed by atoms with Gasteiger partial charge in [-0.25, -0.2) is 4.57 Å². The molecule has 0 aliphatic heterocycles. The number of hydrogen-bond acceptors (Lipinski definition) is 7. The Bertz CT molecular complexity index is 708. The van der Waals surface area contributed by atoms with E-state index in [0.29, 0.717) is 17.4 Å². The van der Waals surface area contributed by atoms with Gasteiger partial charge in [-0.1, -0.05) is 77.4 Å². The third kappa shape index (κ3) is 26.7. The topological polar surface area (TPSA) is 108 Å². The molecule has 0 aromatic rings. The summed E-state index contributed by atoms with van der Waals surface area (Å²) in [5.41, 5.74) is 0. The highest BCUT2D eigenvalue weighted by molar-refractivity contribution is 7.47. The van der Waals surface area contributed by atoms with Crippen molar-refractivity contribution in [3.63, 3.8) is 0 Å². The molecule has 0 bridgehead atoms. The van der Waals surface area contributed by atoms with Gasteiger partial charge in [0.15, 0.2) is 6.10 Å². The smallest absolute Gasteiger partial charge is 0.462 e. The Hall–Kier alpha value is -1.25. The minimum Gasteiger partial charge on any atom is -0.462 e. The molecular formula is C29H57NO8P+. The summed E-state index contributed by atoms with van der Waals surface area (Å²) in [5.74, 6) is -0.910. The zero-order valence-corrected chi connectivity index (χ0v) is 26.3. The Kier molecular flexibility index (Phi) is 22.7. The van der Waals surface area contributed by atoms with Gasteiger partial charge in [-0.2, -0.15) is 0 Å². The van der Waals surface area contributed by atoms with Crippen molar-refractivity contribution in [2.75, 3.05) is 47.5 Å². The van der Waals surface area contributed by atoms with Crippen molar-refractivity contribution >= 4 is 19.8 Å². The summed E-state index contributed by atoms with van der Waals surface area (Å²) in [6.45, 7) is 3.78. The number of quaternary nitrogens is 1. The molecule has 9 nitrogen and oxygen atoms in total. The zero-order chi connectivity index (χ0) is 29.4. The summed E-state index contributed by atoms with van der Waals surface area (Å²) in [5, 5.41) is 0. The zero-order valence-electron chi connectivity index (χ0n) is 25.4. The molecule has 0 radical (unpaired) electrons. The number of unbranched alkanes of at least 4 members (excludes halogenated alkanes) is 11. The molecule has 230 valence electrons. The van der Waals surface area contributed by atoms with Gasteiger partial charge in [0.1, 0.15) is 19.8 Å². The van der Waals surface area contributed by atoms with Crippen molar-refractivity contribution in [3.8, 4) is 0 Å². The summed E-state index contributed by atoms with van der Waals surface area (Å²) in [6.07, 6.45) is 19.2. The third-order valence-electron chi connectivity index (χ3n) is 6.10. The summed E-state index contributed by atoms with van der Waals surface area (Å²) in [4.78, 5) is 33.8. The van der Waals surface area contributed by atoms with Crippen LogP contribution in [0.2, 0.25) is 0 Å². The van der Waals surface area contributed by atoms with Crippen molar-refractivity contribution in [1.82, 2.24) is 0 Å². The molecule has 1 unspecified atom stereocenters. The minimum absolute atomic E-state index is 0.0298. The average molecular weight is 579 g/mol. The maximum Gasteiger partial charge on any atom is 0.472 e. The van der Waals surface area contributed by atoms with E-state index in [9.17, 15) is 19.0 Å². The molecule has 0 aliphatic carbocycles. The van der Waals surface area contributed by atoms with E-state index < -0.39 is 32.5 Å². The lowest BCUT2D eigenvalue weighted by atomic mass is 10.1. The summed E-state index contributed by atoms with van der Waals surface area (Å²) >= 11 is 0. The predicted octanol–water partition coefficient (Wildman–Crippen LogP) is 6.73. The second-order valence-electron chi connectivity index (χ2n) is 11.1. The normalized spacial score (nSPS) is 14.3. The first-order chi connectivity index (χ1) is 18.5. The lowest BCUT2D eigenvalue weighted by Gasteiger charge is -2.24. The van der Waals surface area contributed by atoms with Crippen LogP contribution in [0, 0.1) is 0 Å². The molecule has 0 aliphatic rings. The molecular weight excluding hydrogens is 521 g/mol. The number of carbonyl (C=O) groups is 2. The Labute approximate surface area is 237 Å². The van der Waals surface area contributed by atoms with Crippen molar-refractivity contribution < 1.29 is 42.1 Å². The van der Waals surface area contributed by atoms with Crippen LogP contribution in [0.4, 0.5) is 0 Å². The van der Waals surface area contributed by atoms with Crippen LogP contribution in [0.25, 0.3) is 0 Å². The van der Waals surface area contributed by atoms with E-state index in [0.717, 1.165) is 32.1 Å². The van der Waals surface area contributed by atoms with Crippen LogP contribution in [-0.2, 0) is 32.7 Å². The lowest BCUT2D eigenvalue weighted by Crippen LogP contribution is -2.37. The highest BCUT2D eigenvalue weighted by Gasteiger charge is 2.26. The summed E-state index contributed by atoms with van der Waals surface area (Å²) < 4.78 is 33.2. The van der Waals surface area contributed by atoms with Crippen LogP contribution in [0.1, 0.15) is 110 Å². The van der Waals surface area contributed by atoms with E-state index in [4.69, 9.17) is 18.5 Å². The molecule has 0 amide bonds. The van der Waals surface area contributed by atoms with Gasteiger partial charge in [0.2, 0.25) is 0 Å². The van der Waals surface area contributed by atoms with E-state index in [2.05, 4.69) is 19.1 Å². The highest BCUT2D eigenvalue weighted by atomic mass is 31.2. The summed E-state index contributed by atoms with van der Waals surface area (Å²) in [7, 11) is 1.46. The number of phosphoric acid groups is 1. The Balaban J connectivity index is 4.15. The van der Waals surface area contributed by atoms with E-state index in [1.165, 1.54) is 44.9 Å². The number of esters is 2. The molecule has 39 heavy (non-hydrogen) atoms. The second-order valence-corrected chi connectivity index (χ2v) is 12.5. The molecule has 2 atom stereocenters. The number of nitrogens with zero attached hydrogens (tertiary/aromatic N) is 1. The number of likely N-dealkylation sites (N-methyl/N-ethyl adjacent to an activating group) is 1. The standard InChI is InChI=1S/C29H56NO8P/c1-6-8-9-10-11-12-13-14-15-16-17-18-19-20-21-22-29(32)38-27(25-35-28(31)7-2)26-37-39(33,34)36-24-23-30(3,4)5/h14-15,27H,6-13,16-26H2,1-5H3/p+1/b15-14-/t27-/m0/s1. The van der Waals surface area contributed by atoms with Crippen LogP contribution in [0.3, 0.4) is 0 Å². The number of phosphoric ester groups is 1. The van der Waals surface area contributed by atoms with Crippen LogP contribution in [0.15, 0.2) is 12.2 Å². The number of ether oxygens (including phenoxy) is 2. The predicted molar refractivity (Wildman–Crippen MR) is 155 cm³/mol. The minimum atomic E-state index is -4.33. The van der Waals surface area contributed by atoms with Gasteiger partial charge < -0.3 is 18.9 Å². The Morgan fingerprint density at radius 3 is 1.92 bits per heavy atom. The van der Waals surface area contributed by atoms with Gasteiger partial charge in [0.05, 0.1) is 27.7 Å². The van der Waals surface area contributed by atoms with Crippen LogP contribution in [0.5, 0.6) is 0 Å². The van der Waals surface area contributed by atoms with E-state index in [1.54, 1.807) is 6.92 Å². The fourth-order valence-corrected chi connectivity index (χ4v) is 4.38. The maximum absolute atomic E-state index is 12.3. The first-order valence-electron chi connectivity index (χ1n) is 14.9. The maximum atomic E-state index is 12.3. The number of carbonyl (C=O) groups excluding carboxylic acids is 2. The van der Waals surface area contributed by atoms with Crippen molar-refractivity contribution in [2.24, 2.45) is 0 Å². The molecule has 0 fully saturated rings. The molecule has 0 heterocycles. The van der Waals surface area contributed by atoms with E-state index >= 15 is 0 Å². The fraction of sp³-hybridized carbons (Fsp3) is 0.862. The van der Waals surface area contributed by atoms with Gasteiger partial charge in [-0.05, 0) is 32.1 Å². The third-order valence-corrected chi connectivity index (χ3v) is 7.08. The largest absolute Gasteiger partial charge is 0.472 e. The molecule has 0 aromatic carbocycles. The van der Waals surface area contributed by atoms with Crippen molar-refractivity contribution in [1.29, 1.82) is 0 Å². The fourth-order valence-electron chi connectivity index (χ4n) is 3.63. The number of rotatable bonds is 26. The van der Waals surface area contributed by atoms with Gasteiger partial charge in [0, 0.05) is 12.8 Å². The first kappa shape index (κ1) is 37.8. The first-order valence-corrected chi connectivity index (χ1v) is 16.4. The molecule has 0 spiro atoms. The second kappa shape index (κ2) is 23.5.